The molecule has 2 aromatic rings. The van der Waals surface area contributed by atoms with E-state index in [1.807, 2.05) is 6.20 Å². The SMILES string of the molecule is Cc1cccc(-c2[nH]ncc2CN2CCC3(CCNCC3)C2)c1. The molecule has 0 radical (unpaired) electrons. The van der Waals surface area contributed by atoms with E-state index in [0.717, 1.165) is 6.54 Å². The molecule has 0 unspecified atom stereocenters. The Hall–Kier alpha value is -1.65. The first-order chi connectivity index (χ1) is 11.2. The minimum absolute atomic E-state index is 0.568. The zero-order valence-corrected chi connectivity index (χ0v) is 13.9. The first-order valence-corrected chi connectivity index (χ1v) is 8.77. The predicted octanol–water partition coefficient (Wildman–Crippen LogP) is 2.96. The van der Waals surface area contributed by atoms with Gasteiger partial charge in [0.2, 0.25) is 0 Å². The van der Waals surface area contributed by atoms with Crippen molar-refractivity contribution in [2.24, 2.45) is 5.41 Å². The lowest BCUT2D eigenvalue weighted by atomic mass is 9.78. The normalized spacial score (nSPS) is 21.1. The molecule has 1 aromatic heterocycles. The highest BCUT2D eigenvalue weighted by atomic mass is 15.2. The Morgan fingerprint density at radius 2 is 2.09 bits per heavy atom. The Morgan fingerprint density at radius 3 is 2.91 bits per heavy atom. The highest BCUT2D eigenvalue weighted by Gasteiger charge is 2.38. The van der Waals surface area contributed by atoms with Crippen molar-refractivity contribution in [3.05, 3.63) is 41.6 Å². The van der Waals surface area contributed by atoms with Gasteiger partial charge >= 0.3 is 0 Å². The van der Waals surface area contributed by atoms with Crippen molar-refractivity contribution >= 4 is 0 Å². The number of aromatic nitrogens is 2. The maximum absolute atomic E-state index is 4.31. The van der Waals surface area contributed by atoms with Crippen LogP contribution in [0.2, 0.25) is 0 Å². The average Bonchev–Trinajstić information content (AvgIpc) is 3.16. The molecule has 4 heteroatoms. The van der Waals surface area contributed by atoms with Gasteiger partial charge in [-0.05, 0) is 57.3 Å². The minimum atomic E-state index is 0.568. The Morgan fingerprint density at radius 1 is 1.22 bits per heavy atom. The topological polar surface area (TPSA) is 44.0 Å². The molecule has 1 spiro atoms. The highest BCUT2D eigenvalue weighted by molar-refractivity contribution is 5.63. The minimum Gasteiger partial charge on any atom is -0.317 e. The lowest BCUT2D eigenvalue weighted by Gasteiger charge is -2.33. The molecule has 0 amide bonds. The van der Waals surface area contributed by atoms with Crippen LogP contribution in [0.4, 0.5) is 0 Å². The number of piperidine rings is 1. The standard InChI is InChI=1S/C19H26N4/c1-15-3-2-4-16(11-15)18-17(12-21-22-18)13-23-10-7-19(14-23)5-8-20-9-6-19/h2-4,11-12,20H,5-10,13-14H2,1H3,(H,21,22). The Balaban J connectivity index is 1.49. The predicted molar refractivity (Wildman–Crippen MR) is 93.2 cm³/mol. The van der Waals surface area contributed by atoms with Crippen molar-refractivity contribution in [1.29, 1.82) is 0 Å². The summed E-state index contributed by atoms with van der Waals surface area (Å²) < 4.78 is 0. The molecule has 1 aromatic carbocycles. The van der Waals surface area contributed by atoms with Gasteiger partial charge in [-0.1, -0.05) is 23.8 Å². The molecular weight excluding hydrogens is 284 g/mol. The molecule has 4 rings (SSSR count). The van der Waals surface area contributed by atoms with E-state index in [1.165, 1.54) is 67.8 Å². The molecule has 3 heterocycles. The molecule has 2 saturated heterocycles. The van der Waals surface area contributed by atoms with Crippen molar-refractivity contribution in [1.82, 2.24) is 20.4 Å². The molecule has 122 valence electrons. The lowest BCUT2D eigenvalue weighted by Crippen LogP contribution is -2.38. The third-order valence-corrected chi connectivity index (χ3v) is 5.60. The number of aromatic amines is 1. The molecule has 23 heavy (non-hydrogen) atoms. The summed E-state index contributed by atoms with van der Waals surface area (Å²) in [4.78, 5) is 2.62. The number of likely N-dealkylation sites (tertiary alicyclic amines) is 1. The largest absolute Gasteiger partial charge is 0.317 e. The van der Waals surface area contributed by atoms with Gasteiger partial charge in [0.25, 0.3) is 0 Å². The Kier molecular flexibility index (Phi) is 3.95. The van der Waals surface area contributed by atoms with Gasteiger partial charge in [0.05, 0.1) is 11.9 Å². The second kappa shape index (κ2) is 6.10. The van der Waals surface area contributed by atoms with Crippen LogP contribution in [0.5, 0.6) is 0 Å². The first kappa shape index (κ1) is 14.9. The summed E-state index contributed by atoms with van der Waals surface area (Å²) in [6.07, 6.45) is 6.02. The summed E-state index contributed by atoms with van der Waals surface area (Å²) in [5.41, 5.74) is 5.60. The van der Waals surface area contributed by atoms with Crippen molar-refractivity contribution in [3.8, 4) is 11.3 Å². The van der Waals surface area contributed by atoms with E-state index in [4.69, 9.17) is 0 Å². The van der Waals surface area contributed by atoms with Crippen LogP contribution in [0, 0.1) is 12.3 Å². The molecule has 2 aliphatic rings. The first-order valence-electron chi connectivity index (χ1n) is 8.77. The molecule has 0 saturated carbocycles. The van der Waals surface area contributed by atoms with Crippen LogP contribution in [-0.2, 0) is 6.54 Å². The summed E-state index contributed by atoms with van der Waals surface area (Å²) in [6.45, 7) is 7.99. The van der Waals surface area contributed by atoms with E-state index in [1.54, 1.807) is 0 Å². The molecule has 0 aliphatic carbocycles. The zero-order valence-electron chi connectivity index (χ0n) is 13.9. The monoisotopic (exact) mass is 310 g/mol. The maximum atomic E-state index is 4.31. The van der Waals surface area contributed by atoms with Crippen molar-refractivity contribution in [3.63, 3.8) is 0 Å². The van der Waals surface area contributed by atoms with Crippen LogP contribution < -0.4 is 5.32 Å². The summed E-state index contributed by atoms with van der Waals surface area (Å²) in [6, 6.07) is 8.66. The number of hydrogen-bond acceptors (Lipinski definition) is 3. The van der Waals surface area contributed by atoms with Gasteiger partial charge in [-0.15, -0.1) is 0 Å². The Bertz CT molecular complexity index is 670. The number of rotatable bonds is 3. The van der Waals surface area contributed by atoms with E-state index in [-0.39, 0.29) is 0 Å². The van der Waals surface area contributed by atoms with Gasteiger partial charge in [-0.3, -0.25) is 10.00 Å². The fourth-order valence-corrected chi connectivity index (χ4v) is 4.25. The highest BCUT2D eigenvalue weighted by Crippen LogP contribution is 2.39. The maximum Gasteiger partial charge on any atom is 0.0695 e. The van der Waals surface area contributed by atoms with Gasteiger partial charge in [-0.2, -0.15) is 5.10 Å². The summed E-state index contributed by atoms with van der Waals surface area (Å²) in [5, 5.41) is 11.0. The Labute approximate surface area is 138 Å². The second-order valence-corrected chi connectivity index (χ2v) is 7.35. The van der Waals surface area contributed by atoms with Crippen LogP contribution >= 0.6 is 0 Å². The van der Waals surface area contributed by atoms with E-state index < -0.39 is 0 Å². The van der Waals surface area contributed by atoms with Crippen molar-refractivity contribution in [2.45, 2.75) is 32.7 Å². The van der Waals surface area contributed by atoms with E-state index >= 15 is 0 Å². The quantitative estimate of drug-likeness (QED) is 0.916. The number of nitrogens with one attached hydrogen (secondary N) is 2. The zero-order chi connectivity index (χ0) is 15.7. The van der Waals surface area contributed by atoms with Crippen LogP contribution in [0.3, 0.4) is 0 Å². The number of benzene rings is 1. The van der Waals surface area contributed by atoms with Gasteiger partial charge in [0, 0.05) is 24.2 Å². The van der Waals surface area contributed by atoms with Crippen LogP contribution in [-0.4, -0.2) is 41.3 Å². The lowest BCUT2D eigenvalue weighted by molar-refractivity contribution is 0.194. The molecule has 2 N–H and O–H groups in total. The summed E-state index contributed by atoms with van der Waals surface area (Å²) in [7, 11) is 0. The second-order valence-electron chi connectivity index (χ2n) is 7.35. The van der Waals surface area contributed by atoms with E-state index in [0.29, 0.717) is 5.41 Å². The average molecular weight is 310 g/mol. The van der Waals surface area contributed by atoms with Crippen LogP contribution in [0.1, 0.15) is 30.4 Å². The summed E-state index contributed by atoms with van der Waals surface area (Å²) in [5.74, 6) is 0. The van der Waals surface area contributed by atoms with Crippen LogP contribution in [0.15, 0.2) is 30.5 Å². The molecular formula is C19H26N4. The number of H-pyrrole nitrogens is 1. The number of nitrogens with zero attached hydrogens (tertiary/aromatic N) is 2. The fourth-order valence-electron chi connectivity index (χ4n) is 4.25. The third-order valence-electron chi connectivity index (χ3n) is 5.60. The molecule has 0 atom stereocenters. The molecule has 2 fully saturated rings. The molecule has 0 bridgehead atoms. The van der Waals surface area contributed by atoms with Gasteiger partial charge < -0.3 is 5.32 Å². The number of hydrogen-bond donors (Lipinski definition) is 2. The smallest absolute Gasteiger partial charge is 0.0695 e. The van der Waals surface area contributed by atoms with E-state index in [2.05, 4.69) is 51.6 Å². The van der Waals surface area contributed by atoms with Gasteiger partial charge in [0.1, 0.15) is 0 Å². The molecule has 2 aliphatic heterocycles. The van der Waals surface area contributed by atoms with Crippen molar-refractivity contribution < 1.29 is 0 Å². The molecule has 4 nitrogen and oxygen atoms in total. The number of aryl methyl sites for hydroxylation is 1. The van der Waals surface area contributed by atoms with Crippen molar-refractivity contribution in [2.75, 3.05) is 26.2 Å². The van der Waals surface area contributed by atoms with E-state index in [9.17, 15) is 0 Å². The van der Waals surface area contributed by atoms with Gasteiger partial charge in [0.15, 0.2) is 0 Å². The van der Waals surface area contributed by atoms with Gasteiger partial charge in [-0.25, -0.2) is 0 Å². The fraction of sp³-hybridized carbons (Fsp3) is 0.526. The summed E-state index contributed by atoms with van der Waals surface area (Å²) >= 11 is 0. The van der Waals surface area contributed by atoms with Crippen LogP contribution in [0.25, 0.3) is 11.3 Å². The third kappa shape index (κ3) is 3.06.